The smallest absolute Gasteiger partial charge is 0.0911 e. The van der Waals surface area contributed by atoms with Gasteiger partial charge >= 0.3 is 0 Å². The van der Waals surface area contributed by atoms with Crippen LogP contribution in [0.5, 0.6) is 0 Å². The molecule has 0 aromatic heterocycles. The van der Waals surface area contributed by atoms with Gasteiger partial charge in [-0.05, 0) is 17.9 Å². The summed E-state index contributed by atoms with van der Waals surface area (Å²) in [5.74, 6) is 0.700. The minimum Gasteiger partial charge on any atom is -0.388 e. The number of benzene rings is 1. The summed E-state index contributed by atoms with van der Waals surface area (Å²) < 4.78 is 0. The Kier molecular flexibility index (Phi) is 4.17. The van der Waals surface area contributed by atoms with Crippen LogP contribution in [0.2, 0.25) is 0 Å². The van der Waals surface area contributed by atoms with Gasteiger partial charge in [-0.15, -0.1) is 0 Å². The van der Waals surface area contributed by atoms with Crippen LogP contribution in [0.25, 0.3) is 0 Å². The van der Waals surface area contributed by atoms with Crippen LogP contribution in [0.15, 0.2) is 30.3 Å². The molecule has 0 heterocycles. The Hall–Kier alpha value is -1.31. The molecule has 2 nitrogen and oxygen atoms in total. The van der Waals surface area contributed by atoms with Crippen molar-refractivity contribution in [2.45, 2.75) is 32.1 Å². The van der Waals surface area contributed by atoms with Crippen LogP contribution < -0.4 is 5.73 Å². The van der Waals surface area contributed by atoms with Gasteiger partial charge in [0, 0.05) is 6.42 Å². The quantitative estimate of drug-likeness (QED) is 0.544. The highest BCUT2D eigenvalue weighted by Gasteiger charge is 2.10. The summed E-state index contributed by atoms with van der Waals surface area (Å²) in [4.78, 5) is 0. The van der Waals surface area contributed by atoms with Crippen molar-refractivity contribution in [1.82, 2.24) is 0 Å². The molecule has 2 heteroatoms. The minimum absolute atomic E-state index is 0.285. The average Bonchev–Trinajstić information content (AvgIpc) is 2.18. The van der Waals surface area contributed by atoms with Gasteiger partial charge in [0.05, 0.1) is 5.84 Å². The molecule has 76 valence electrons. The maximum absolute atomic E-state index is 7.33. The zero-order valence-electron chi connectivity index (χ0n) is 8.66. The lowest BCUT2D eigenvalue weighted by Crippen LogP contribution is -2.14. The van der Waals surface area contributed by atoms with E-state index in [0.717, 1.165) is 12.8 Å². The van der Waals surface area contributed by atoms with E-state index in [1.54, 1.807) is 0 Å². The highest BCUT2D eigenvalue weighted by Crippen LogP contribution is 2.24. The normalized spacial score (nSPS) is 12.4. The van der Waals surface area contributed by atoms with E-state index in [2.05, 4.69) is 19.1 Å². The van der Waals surface area contributed by atoms with Crippen LogP contribution in [0.1, 0.15) is 37.7 Å². The summed E-state index contributed by atoms with van der Waals surface area (Å²) >= 11 is 0. The summed E-state index contributed by atoms with van der Waals surface area (Å²) in [6.07, 6.45) is 2.91. The highest BCUT2D eigenvalue weighted by atomic mass is 14.7. The number of nitrogens with two attached hydrogens (primary N) is 1. The van der Waals surface area contributed by atoms with E-state index >= 15 is 0 Å². The molecular weight excluding hydrogens is 172 g/mol. The predicted molar refractivity (Wildman–Crippen MR) is 60.6 cm³/mol. The van der Waals surface area contributed by atoms with Gasteiger partial charge in [0.1, 0.15) is 0 Å². The second-order valence-corrected chi connectivity index (χ2v) is 3.63. The van der Waals surface area contributed by atoms with Crippen LogP contribution in [0.3, 0.4) is 0 Å². The SMILES string of the molecule is CCCC(CC(=N)N)c1ccccc1. The topological polar surface area (TPSA) is 49.9 Å². The zero-order valence-corrected chi connectivity index (χ0v) is 8.66. The largest absolute Gasteiger partial charge is 0.388 e. The first-order valence-corrected chi connectivity index (χ1v) is 5.12. The summed E-state index contributed by atoms with van der Waals surface area (Å²) in [7, 11) is 0. The Morgan fingerprint density at radius 2 is 2.00 bits per heavy atom. The van der Waals surface area contributed by atoms with E-state index in [-0.39, 0.29) is 5.84 Å². The lowest BCUT2D eigenvalue weighted by atomic mass is 9.91. The Morgan fingerprint density at radius 1 is 1.36 bits per heavy atom. The van der Waals surface area contributed by atoms with Crippen LogP contribution in [0.4, 0.5) is 0 Å². The Bertz CT molecular complexity index is 280. The third kappa shape index (κ3) is 3.21. The molecule has 0 aliphatic rings. The average molecular weight is 190 g/mol. The summed E-state index contributed by atoms with van der Waals surface area (Å²) in [6, 6.07) is 10.3. The van der Waals surface area contributed by atoms with Crippen LogP contribution in [0, 0.1) is 5.41 Å². The number of hydrogen-bond acceptors (Lipinski definition) is 1. The van der Waals surface area contributed by atoms with Crippen molar-refractivity contribution in [3.63, 3.8) is 0 Å². The van der Waals surface area contributed by atoms with E-state index in [4.69, 9.17) is 11.1 Å². The molecule has 1 rings (SSSR count). The summed E-state index contributed by atoms with van der Waals surface area (Å²) in [5, 5.41) is 7.33. The highest BCUT2D eigenvalue weighted by molar-refractivity contribution is 5.77. The van der Waals surface area contributed by atoms with Crippen molar-refractivity contribution in [3.8, 4) is 0 Å². The van der Waals surface area contributed by atoms with Crippen molar-refractivity contribution >= 4 is 5.84 Å². The molecule has 1 unspecified atom stereocenters. The van der Waals surface area contributed by atoms with Gasteiger partial charge in [-0.25, -0.2) is 0 Å². The molecule has 0 aliphatic heterocycles. The first-order valence-electron chi connectivity index (χ1n) is 5.12. The van der Waals surface area contributed by atoms with E-state index in [0.29, 0.717) is 12.3 Å². The molecule has 1 aromatic carbocycles. The molecule has 0 aliphatic carbocycles. The number of nitrogens with one attached hydrogen (secondary N) is 1. The Balaban J connectivity index is 2.72. The monoisotopic (exact) mass is 190 g/mol. The Labute approximate surface area is 85.6 Å². The van der Waals surface area contributed by atoms with Gasteiger partial charge in [0.15, 0.2) is 0 Å². The van der Waals surface area contributed by atoms with Crippen molar-refractivity contribution < 1.29 is 0 Å². The van der Waals surface area contributed by atoms with Crippen LogP contribution in [-0.4, -0.2) is 5.84 Å². The fourth-order valence-electron chi connectivity index (χ4n) is 1.73. The molecule has 0 bridgehead atoms. The maximum Gasteiger partial charge on any atom is 0.0911 e. The van der Waals surface area contributed by atoms with Gasteiger partial charge in [-0.1, -0.05) is 43.7 Å². The number of hydrogen-bond donors (Lipinski definition) is 2. The minimum atomic E-state index is 0.285. The maximum atomic E-state index is 7.33. The second-order valence-electron chi connectivity index (χ2n) is 3.63. The molecule has 0 amide bonds. The summed E-state index contributed by atoms with van der Waals surface area (Å²) in [6.45, 7) is 2.16. The fourth-order valence-corrected chi connectivity index (χ4v) is 1.73. The van der Waals surface area contributed by atoms with Gasteiger partial charge < -0.3 is 5.73 Å². The van der Waals surface area contributed by atoms with Crippen molar-refractivity contribution in [1.29, 1.82) is 5.41 Å². The fraction of sp³-hybridized carbons (Fsp3) is 0.417. The molecular formula is C12H18N2. The first-order chi connectivity index (χ1) is 6.74. The zero-order chi connectivity index (χ0) is 10.4. The van der Waals surface area contributed by atoms with E-state index in [1.807, 2.05) is 18.2 Å². The summed E-state index contributed by atoms with van der Waals surface area (Å²) in [5.41, 5.74) is 6.74. The molecule has 1 atom stereocenters. The molecule has 14 heavy (non-hydrogen) atoms. The standard InChI is InChI=1S/C12H18N2/c1-2-6-11(9-12(13)14)10-7-4-3-5-8-10/h3-5,7-8,11H,2,6,9H2,1H3,(H3,13,14). The lowest BCUT2D eigenvalue weighted by Gasteiger charge is -2.15. The Morgan fingerprint density at radius 3 is 2.50 bits per heavy atom. The predicted octanol–water partition coefficient (Wildman–Crippen LogP) is 2.90. The van der Waals surface area contributed by atoms with Gasteiger partial charge in [-0.2, -0.15) is 0 Å². The third-order valence-corrected chi connectivity index (χ3v) is 2.37. The second kappa shape index (κ2) is 5.43. The molecule has 0 spiro atoms. The van der Waals surface area contributed by atoms with Crippen molar-refractivity contribution in [2.75, 3.05) is 0 Å². The molecule has 1 aromatic rings. The molecule has 0 fully saturated rings. The van der Waals surface area contributed by atoms with Gasteiger partial charge in [-0.3, -0.25) is 5.41 Å². The lowest BCUT2D eigenvalue weighted by molar-refractivity contribution is 0.631. The third-order valence-electron chi connectivity index (χ3n) is 2.37. The van der Waals surface area contributed by atoms with E-state index in [1.165, 1.54) is 5.56 Å². The number of amidine groups is 1. The van der Waals surface area contributed by atoms with E-state index in [9.17, 15) is 0 Å². The van der Waals surface area contributed by atoms with Gasteiger partial charge in [0.2, 0.25) is 0 Å². The molecule has 0 saturated carbocycles. The van der Waals surface area contributed by atoms with Crippen LogP contribution in [-0.2, 0) is 0 Å². The van der Waals surface area contributed by atoms with Crippen molar-refractivity contribution in [2.24, 2.45) is 5.73 Å². The van der Waals surface area contributed by atoms with Gasteiger partial charge in [0.25, 0.3) is 0 Å². The molecule has 0 saturated heterocycles. The van der Waals surface area contributed by atoms with Crippen molar-refractivity contribution in [3.05, 3.63) is 35.9 Å². The first kappa shape index (κ1) is 10.8. The molecule has 0 radical (unpaired) electrons. The number of rotatable bonds is 5. The molecule has 3 N–H and O–H groups in total. The van der Waals surface area contributed by atoms with Crippen LogP contribution >= 0.6 is 0 Å². The van der Waals surface area contributed by atoms with E-state index < -0.39 is 0 Å².